The Balaban J connectivity index is 1.38. The van der Waals surface area contributed by atoms with Crippen LogP contribution in [0.4, 0.5) is 10.2 Å². The number of hydrogen-bond acceptors (Lipinski definition) is 5. The number of hydrogen-bond donors (Lipinski definition) is 1. The second-order valence-electron chi connectivity index (χ2n) is 8.14. The highest BCUT2D eigenvalue weighted by Gasteiger charge is 2.25. The molecule has 4 rings (SSSR count). The Morgan fingerprint density at radius 3 is 2.70 bits per heavy atom. The molecule has 1 aliphatic heterocycles. The Kier molecular flexibility index (Phi) is 7.42. The Morgan fingerprint density at radius 2 is 1.97 bits per heavy atom. The molecule has 0 unspecified atom stereocenters. The van der Waals surface area contributed by atoms with Gasteiger partial charge in [-0.2, -0.15) is 4.39 Å². The highest BCUT2D eigenvalue weighted by molar-refractivity contribution is 6.29. The van der Waals surface area contributed by atoms with E-state index >= 15 is 0 Å². The lowest BCUT2D eigenvalue weighted by atomic mass is 9.93. The first-order chi connectivity index (χ1) is 16.0. The van der Waals surface area contributed by atoms with Gasteiger partial charge in [0.2, 0.25) is 5.95 Å². The van der Waals surface area contributed by atoms with Crippen molar-refractivity contribution in [3.63, 3.8) is 0 Å². The quantitative estimate of drug-likeness (QED) is 0.512. The molecule has 0 spiro atoms. The average molecular weight is 466 g/mol. The minimum atomic E-state index is -0.654. The predicted molar refractivity (Wildman–Crippen MR) is 128 cm³/mol. The zero-order valence-corrected chi connectivity index (χ0v) is 19.1. The first-order valence-corrected chi connectivity index (χ1v) is 11.3. The molecule has 1 amide bonds. The Labute approximate surface area is 197 Å². The summed E-state index contributed by atoms with van der Waals surface area (Å²) in [6.07, 6.45) is 8.38. The lowest BCUT2D eigenvalue weighted by Gasteiger charge is -2.31. The van der Waals surface area contributed by atoms with E-state index in [1.807, 2.05) is 0 Å². The molecule has 1 N–H and O–H groups in total. The smallest absolute Gasteiger partial charge is 0.257 e. The zero-order chi connectivity index (χ0) is 23.2. The summed E-state index contributed by atoms with van der Waals surface area (Å²) in [6, 6.07) is 11.4. The Hall–Kier alpha value is -3.16. The van der Waals surface area contributed by atoms with Gasteiger partial charge in [0.25, 0.3) is 5.91 Å². The predicted octanol–water partition coefficient (Wildman–Crippen LogP) is 5.12. The maximum absolute atomic E-state index is 13.9. The van der Waals surface area contributed by atoms with Crippen LogP contribution in [0.15, 0.2) is 54.9 Å². The number of aromatic nitrogens is 3. The van der Waals surface area contributed by atoms with Crippen LogP contribution in [-0.4, -0.2) is 45.4 Å². The number of nitrogens with zero attached hydrogens (tertiary/aromatic N) is 4. The summed E-state index contributed by atoms with van der Waals surface area (Å²) in [7, 11) is 0. The van der Waals surface area contributed by atoms with E-state index in [4.69, 9.17) is 11.6 Å². The van der Waals surface area contributed by atoms with Crippen LogP contribution in [0.5, 0.6) is 0 Å². The van der Waals surface area contributed by atoms with Crippen molar-refractivity contribution in [3.8, 4) is 0 Å². The number of halogens is 2. The van der Waals surface area contributed by atoms with Crippen LogP contribution < -0.4 is 5.32 Å². The van der Waals surface area contributed by atoms with Crippen LogP contribution in [0.25, 0.3) is 6.08 Å². The van der Waals surface area contributed by atoms with Crippen molar-refractivity contribution in [1.29, 1.82) is 0 Å². The number of likely N-dealkylation sites (tertiary alicyclic amines) is 1. The first-order valence-electron chi connectivity index (χ1n) is 10.9. The van der Waals surface area contributed by atoms with Gasteiger partial charge in [0.05, 0.1) is 11.9 Å². The SMILES string of the molecule is Cc1ccc(/C=C/CN2CCC(c3nc(F)cnc3NC(=O)c3ccnc(Cl)c3)CC2)cc1. The molecule has 8 heteroatoms. The molecule has 2 aromatic heterocycles. The van der Waals surface area contributed by atoms with Gasteiger partial charge in [-0.25, -0.2) is 15.0 Å². The molecule has 33 heavy (non-hydrogen) atoms. The molecule has 1 saturated heterocycles. The highest BCUT2D eigenvalue weighted by atomic mass is 35.5. The largest absolute Gasteiger partial charge is 0.305 e. The lowest BCUT2D eigenvalue weighted by Crippen LogP contribution is -2.33. The van der Waals surface area contributed by atoms with Crippen molar-refractivity contribution < 1.29 is 9.18 Å². The molecule has 0 radical (unpaired) electrons. The minimum Gasteiger partial charge on any atom is -0.305 e. The van der Waals surface area contributed by atoms with Crippen LogP contribution in [0.3, 0.4) is 0 Å². The van der Waals surface area contributed by atoms with Gasteiger partial charge < -0.3 is 5.32 Å². The first kappa shape index (κ1) is 23.0. The molecular weight excluding hydrogens is 441 g/mol. The molecular formula is C25H25ClFN5O. The van der Waals surface area contributed by atoms with Crippen LogP contribution >= 0.6 is 11.6 Å². The third-order valence-electron chi connectivity index (χ3n) is 5.72. The van der Waals surface area contributed by atoms with E-state index in [-0.39, 0.29) is 22.8 Å². The summed E-state index contributed by atoms with van der Waals surface area (Å²) in [5.74, 6) is -0.743. The summed E-state index contributed by atoms with van der Waals surface area (Å²) in [6.45, 7) is 4.64. The van der Waals surface area contributed by atoms with Gasteiger partial charge in [0.1, 0.15) is 5.15 Å². The number of rotatable bonds is 6. The molecule has 170 valence electrons. The molecule has 6 nitrogen and oxygen atoms in total. The van der Waals surface area contributed by atoms with Gasteiger partial charge in [-0.1, -0.05) is 53.6 Å². The molecule has 0 atom stereocenters. The van der Waals surface area contributed by atoms with Crippen molar-refractivity contribution >= 4 is 29.4 Å². The standard InChI is InChI=1S/C25H25ClFN5O/c1-17-4-6-18(7-5-17)3-2-12-32-13-9-19(10-14-32)23-24(29-16-22(27)30-23)31-25(33)20-8-11-28-21(26)15-20/h2-8,11,15-16,19H,9-10,12-14H2,1H3,(H,29,31,33)/b3-2+. The molecule has 1 aliphatic rings. The number of nitrogens with one attached hydrogen (secondary N) is 1. The van der Waals surface area contributed by atoms with Gasteiger partial charge in [0, 0.05) is 24.2 Å². The van der Waals surface area contributed by atoms with E-state index in [0.717, 1.165) is 38.7 Å². The van der Waals surface area contributed by atoms with E-state index in [1.54, 1.807) is 6.07 Å². The fourth-order valence-corrected chi connectivity index (χ4v) is 4.06. The number of aryl methyl sites for hydroxylation is 1. The van der Waals surface area contributed by atoms with Crippen molar-refractivity contribution in [2.45, 2.75) is 25.7 Å². The summed E-state index contributed by atoms with van der Waals surface area (Å²) >= 11 is 5.88. The summed E-state index contributed by atoms with van der Waals surface area (Å²) in [4.78, 5) is 27.0. The number of amides is 1. The monoisotopic (exact) mass is 465 g/mol. The van der Waals surface area contributed by atoms with E-state index in [9.17, 15) is 9.18 Å². The average Bonchev–Trinajstić information content (AvgIpc) is 2.82. The number of benzene rings is 1. The number of carbonyl (C=O) groups excluding carboxylic acids is 1. The molecule has 0 aliphatic carbocycles. The fourth-order valence-electron chi connectivity index (χ4n) is 3.89. The second kappa shape index (κ2) is 10.6. The van der Waals surface area contributed by atoms with E-state index in [0.29, 0.717) is 11.3 Å². The maximum atomic E-state index is 13.9. The number of anilines is 1. The van der Waals surface area contributed by atoms with Crippen LogP contribution in [0, 0.1) is 12.9 Å². The van der Waals surface area contributed by atoms with E-state index in [1.165, 1.54) is 23.4 Å². The number of piperidine rings is 1. The van der Waals surface area contributed by atoms with Gasteiger partial charge in [-0.05, 0) is 50.6 Å². The van der Waals surface area contributed by atoms with Crippen molar-refractivity contribution in [3.05, 3.63) is 88.4 Å². The van der Waals surface area contributed by atoms with Crippen LogP contribution in [0.2, 0.25) is 5.15 Å². The minimum absolute atomic E-state index is 0.0156. The van der Waals surface area contributed by atoms with Gasteiger partial charge in [0.15, 0.2) is 5.82 Å². The maximum Gasteiger partial charge on any atom is 0.257 e. The van der Waals surface area contributed by atoms with E-state index < -0.39 is 5.95 Å². The molecule has 0 bridgehead atoms. The Morgan fingerprint density at radius 1 is 1.21 bits per heavy atom. The third kappa shape index (κ3) is 6.21. The van der Waals surface area contributed by atoms with Gasteiger partial charge in [-0.15, -0.1) is 0 Å². The molecule has 1 fully saturated rings. The van der Waals surface area contributed by atoms with Crippen molar-refractivity contribution in [2.24, 2.45) is 0 Å². The molecule has 3 heterocycles. The summed E-state index contributed by atoms with van der Waals surface area (Å²) in [5, 5.41) is 2.98. The molecule has 1 aromatic carbocycles. The van der Waals surface area contributed by atoms with Crippen molar-refractivity contribution in [1.82, 2.24) is 19.9 Å². The highest BCUT2D eigenvalue weighted by Crippen LogP contribution is 2.31. The molecule has 0 saturated carbocycles. The normalized spacial score (nSPS) is 15.1. The topological polar surface area (TPSA) is 71.0 Å². The lowest BCUT2D eigenvalue weighted by molar-refractivity contribution is 0.102. The van der Waals surface area contributed by atoms with Crippen LogP contribution in [-0.2, 0) is 0 Å². The summed E-state index contributed by atoms with van der Waals surface area (Å²) in [5.41, 5.74) is 3.26. The van der Waals surface area contributed by atoms with Gasteiger partial charge in [-0.3, -0.25) is 9.69 Å². The van der Waals surface area contributed by atoms with Crippen LogP contribution in [0.1, 0.15) is 45.9 Å². The fraction of sp³-hybridized carbons (Fsp3) is 0.280. The second-order valence-corrected chi connectivity index (χ2v) is 8.52. The third-order valence-corrected chi connectivity index (χ3v) is 5.92. The number of pyridine rings is 1. The van der Waals surface area contributed by atoms with Crippen molar-refractivity contribution in [2.75, 3.05) is 25.0 Å². The molecule has 3 aromatic rings. The van der Waals surface area contributed by atoms with Gasteiger partial charge >= 0.3 is 0 Å². The van der Waals surface area contributed by atoms with E-state index in [2.05, 4.69) is 68.5 Å². The Bertz CT molecular complexity index is 1140. The number of carbonyl (C=O) groups is 1. The zero-order valence-electron chi connectivity index (χ0n) is 18.3. The summed E-state index contributed by atoms with van der Waals surface area (Å²) < 4.78 is 13.9.